The lowest BCUT2D eigenvalue weighted by Crippen LogP contribution is -2.48. The highest BCUT2D eigenvalue weighted by molar-refractivity contribution is 5.73. The van der Waals surface area contributed by atoms with Crippen LogP contribution in [-0.2, 0) is 9.57 Å². The fourth-order valence-corrected chi connectivity index (χ4v) is 3.46. The zero-order chi connectivity index (χ0) is 17.7. The monoisotopic (exact) mass is 356 g/mol. The second-order valence-electron chi connectivity index (χ2n) is 6.99. The van der Waals surface area contributed by atoms with Crippen LogP contribution in [0.1, 0.15) is 51.4 Å². The summed E-state index contributed by atoms with van der Waals surface area (Å²) < 4.78 is 5.37. The van der Waals surface area contributed by atoms with Crippen LogP contribution in [-0.4, -0.2) is 74.6 Å². The van der Waals surface area contributed by atoms with Gasteiger partial charge in [0, 0.05) is 26.2 Å². The predicted molar refractivity (Wildman–Crippen MR) is 98.2 cm³/mol. The van der Waals surface area contributed by atoms with Crippen LogP contribution in [0.3, 0.4) is 0 Å². The third-order valence-corrected chi connectivity index (χ3v) is 5.01. The molecule has 1 saturated heterocycles. The Morgan fingerprint density at radius 2 is 1.92 bits per heavy atom. The van der Waals surface area contributed by atoms with E-state index in [1.54, 1.807) is 5.06 Å². The Morgan fingerprint density at radius 1 is 1.16 bits per heavy atom. The zero-order valence-electron chi connectivity index (χ0n) is 15.6. The number of hydrogen-bond donors (Lipinski definition) is 2. The Bertz CT molecular complexity index is 358. The van der Waals surface area contributed by atoms with E-state index in [0.29, 0.717) is 19.7 Å². The summed E-state index contributed by atoms with van der Waals surface area (Å²) in [6.45, 7) is 6.26. The van der Waals surface area contributed by atoms with Crippen LogP contribution in [0.25, 0.3) is 0 Å². The number of morpholine rings is 1. The number of carbonyl (C=O) groups is 1. The van der Waals surface area contributed by atoms with E-state index < -0.39 is 0 Å². The molecule has 0 atom stereocenters. The molecule has 1 aliphatic heterocycles. The Labute approximate surface area is 152 Å². The maximum atomic E-state index is 12.6. The molecular weight excluding hydrogens is 320 g/mol. The molecule has 0 bridgehead atoms. The molecule has 2 rings (SSSR count). The molecule has 2 amide bonds. The number of carbonyl (C=O) groups excluding carboxylic acids is 1. The van der Waals surface area contributed by atoms with Crippen molar-refractivity contribution >= 4 is 6.03 Å². The van der Waals surface area contributed by atoms with Crippen LogP contribution in [0, 0.1) is 0 Å². The highest BCUT2D eigenvalue weighted by Gasteiger charge is 2.26. The lowest BCUT2D eigenvalue weighted by Gasteiger charge is -2.34. The number of unbranched alkanes of at least 4 members (excludes halogenated alkanes) is 2. The first-order chi connectivity index (χ1) is 12.3. The number of hydrogen-bond acceptors (Lipinski definition) is 5. The van der Waals surface area contributed by atoms with Gasteiger partial charge in [-0.3, -0.25) is 9.74 Å². The Balaban J connectivity index is 1.74. The minimum atomic E-state index is -0.0818. The summed E-state index contributed by atoms with van der Waals surface area (Å²) in [5.74, 6) is 0. The largest absolute Gasteiger partial charge is 0.379 e. The normalized spacial score (nSPS) is 19.7. The summed E-state index contributed by atoms with van der Waals surface area (Å²) >= 11 is 0. The summed E-state index contributed by atoms with van der Waals surface area (Å²) in [5, 5.41) is 4.64. The van der Waals surface area contributed by atoms with Crippen molar-refractivity contribution in [3.05, 3.63) is 0 Å². The lowest BCUT2D eigenvalue weighted by molar-refractivity contribution is -0.155. The van der Waals surface area contributed by atoms with Gasteiger partial charge >= 0.3 is 6.03 Å². The summed E-state index contributed by atoms with van der Waals surface area (Å²) in [7, 11) is 0. The van der Waals surface area contributed by atoms with Gasteiger partial charge in [-0.2, -0.15) is 0 Å². The van der Waals surface area contributed by atoms with Crippen molar-refractivity contribution in [1.82, 2.24) is 15.3 Å². The fourth-order valence-electron chi connectivity index (χ4n) is 3.46. The van der Waals surface area contributed by atoms with Gasteiger partial charge in [0.05, 0.1) is 25.9 Å². The smallest absolute Gasteiger partial charge is 0.341 e. The number of hydroxylamine groups is 2. The number of urea groups is 1. The third kappa shape index (κ3) is 7.90. The van der Waals surface area contributed by atoms with E-state index in [2.05, 4.69) is 10.2 Å². The molecule has 1 saturated carbocycles. The molecule has 3 N–H and O–H groups in total. The van der Waals surface area contributed by atoms with Gasteiger partial charge in [-0.15, -0.1) is 0 Å². The molecule has 0 unspecified atom stereocenters. The summed E-state index contributed by atoms with van der Waals surface area (Å²) in [6, 6.07) is 0.129. The zero-order valence-corrected chi connectivity index (χ0v) is 15.6. The second-order valence-corrected chi connectivity index (χ2v) is 6.99. The van der Waals surface area contributed by atoms with Crippen LogP contribution >= 0.6 is 0 Å². The quantitative estimate of drug-likeness (QED) is 0.460. The highest BCUT2D eigenvalue weighted by Crippen LogP contribution is 2.23. The van der Waals surface area contributed by atoms with Gasteiger partial charge in [0.1, 0.15) is 0 Å². The molecule has 0 aromatic rings. The molecule has 2 aliphatic rings. The van der Waals surface area contributed by atoms with Gasteiger partial charge in [-0.05, 0) is 32.2 Å². The van der Waals surface area contributed by atoms with Gasteiger partial charge in [0.15, 0.2) is 0 Å². The SMILES string of the molecule is NCCCCCNC(=O)N(OCCN1CCOCC1)C1CCCCC1. The van der Waals surface area contributed by atoms with E-state index in [4.69, 9.17) is 15.3 Å². The van der Waals surface area contributed by atoms with E-state index in [-0.39, 0.29) is 12.1 Å². The molecule has 25 heavy (non-hydrogen) atoms. The number of nitrogens with two attached hydrogens (primary N) is 1. The molecule has 0 radical (unpaired) electrons. The van der Waals surface area contributed by atoms with Crippen LogP contribution in [0.15, 0.2) is 0 Å². The van der Waals surface area contributed by atoms with Crippen LogP contribution in [0.2, 0.25) is 0 Å². The molecule has 146 valence electrons. The lowest BCUT2D eigenvalue weighted by atomic mass is 9.95. The predicted octanol–water partition coefficient (Wildman–Crippen LogP) is 1.72. The van der Waals surface area contributed by atoms with Crippen molar-refractivity contribution in [2.75, 3.05) is 52.5 Å². The molecular formula is C18H36N4O3. The second kappa shape index (κ2) is 12.5. The van der Waals surface area contributed by atoms with E-state index in [1.807, 2.05) is 0 Å². The van der Waals surface area contributed by atoms with E-state index in [9.17, 15) is 4.79 Å². The number of nitrogens with one attached hydrogen (secondary N) is 1. The van der Waals surface area contributed by atoms with Crippen molar-refractivity contribution in [1.29, 1.82) is 0 Å². The van der Waals surface area contributed by atoms with E-state index >= 15 is 0 Å². The Morgan fingerprint density at radius 3 is 2.64 bits per heavy atom. The molecule has 1 aliphatic carbocycles. The summed E-state index contributed by atoms with van der Waals surface area (Å²) in [4.78, 5) is 20.9. The first-order valence-electron chi connectivity index (χ1n) is 10.0. The number of ether oxygens (including phenoxy) is 1. The van der Waals surface area contributed by atoms with Gasteiger partial charge < -0.3 is 15.8 Å². The topological polar surface area (TPSA) is 80.1 Å². The van der Waals surface area contributed by atoms with Crippen LogP contribution in [0.4, 0.5) is 4.79 Å². The van der Waals surface area contributed by atoms with Crippen LogP contribution < -0.4 is 11.1 Å². The standard InChI is InChI=1S/C18H36N4O3/c19-9-5-2-6-10-20-18(23)22(17-7-3-1-4-8-17)25-16-13-21-11-14-24-15-12-21/h17H,1-16,19H2,(H,20,23). The maximum Gasteiger partial charge on any atom is 0.341 e. The van der Waals surface area contributed by atoms with Crippen molar-refractivity contribution in [2.24, 2.45) is 5.73 Å². The van der Waals surface area contributed by atoms with E-state index in [0.717, 1.165) is 65.0 Å². The third-order valence-electron chi connectivity index (χ3n) is 5.01. The molecule has 0 spiro atoms. The average molecular weight is 357 g/mol. The van der Waals surface area contributed by atoms with Crippen molar-refractivity contribution in [3.63, 3.8) is 0 Å². The van der Waals surface area contributed by atoms with Gasteiger partial charge in [-0.1, -0.05) is 25.7 Å². The maximum absolute atomic E-state index is 12.6. The van der Waals surface area contributed by atoms with Gasteiger partial charge in [0.25, 0.3) is 0 Å². The van der Waals surface area contributed by atoms with E-state index in [1.165, 1.54) is 19.3 Å². The number of rotatable bonds is 10. The van der Waals surface area contributed by atoms with Gasteiger partial charge in [-0.25, -0.2) is 9.86 Å². The number of amides is 2. The molecule has 2 fully saturated rings. The van der Waals surface area contributed by atoms with Gasteiger partial charge in [0.2, 0.25) is 0 Å². The molecule has 7 heteroatoms. The molecule has 0 aromatic carbocycles. The fraction of sp³-hybridized carbons (Fsp3) is 0.944. The number of nitrogens with zero attached hydrogens (tertiary/aromatic N) is 2. The highest BCUT2D eigenvalue weighted by atomic mass is 16.7. The van der Waals surface area contributed by atoms with Crippen molar-refractivity contribution in [3.8, 4) is 0 Å². The van der Waals surface area contributed by atoms with Crippen LogP contribution in [0.5, 0.6) is 0 Å². The average Bonchev–Trinajstić information content (AvgIpc) is 2.66. The summed E-state index contributed by atoms with van der Waals surface area (Å²) in [5.41, 5.74) is 5.51. The summed E-state index contributed by atoms with van der Waals surface area (Å²) in [6.07, 6.45) is 8.73. The molecule has 1 heterocycles. The minimum Gasteiger partial charge on any atom is -0.379 e. The van der Waals surface area contributed by atoms with Crippen molar-refractivity contribution < 1.29 is 14.4 Å². The van der Waals surface area contributed by atoms with Crippen molar-refractivity contribution in [2.45, 2.75) is 57.4 Å². The minimum absolute atomic E-state index is 0.0818. The first-order valence-corrected chi connectivity index (χ1v) is 10.0. The molecule has 0 aromatic heterocycles. The molecule has 7 nitrogen and oxygen atoms in total. The first kappa shape index (κ1) is 20.4. The Hall–Kier alpha value is -0.890. The Kier molecular flexibility index (Phi) is 10.2.